The summed E-state index contributed by atoms with van der Waals surface area (Å²) in [6, 6.07) is 2.34. The lowest BCUT2D eigenvalue weighted by Gasteiger charge is -2.28. The Balaban J connectivity index is 2.27. The van der Waals surface area contributed by atoms with Gasteiger partial charge in [-0.2, -0.15) is 0 Å². The van der Waals surface area contributed by atoms with E-state index in [-0.39, 0.29) is 0 Å². The van der Waals surface area contributed by atoms with Gasteiger partial charge >= 0.3 is 0 Å². The molecule has 18 heavy (non-hydrogen) atoms. The van der Waals surface area contributed by atoms with Crippen LogP contribution in [0.1, 0.15) is 52.3 Å². The smallest absolute Gasteiger partial charge is 0.135 e. The Kier molecular flexibility index (Phi) is 3.73. The van der Waals surface area contributed by atoms with Crippen LogP contribution in [0.2, 0.25) is 0 Å². The highest BCUT2D eigenvalue weighted by molar-refractivity contribution is 5.48. The summed E-state index contributed by atoms with van der Waals surface area (Å²) in [5.74, 6) is 3.54. The van der Waals surface area contributed by atoms with E-state index in [1.807, 2.05) is 6.07 Å². The Hall–Kier alpha value is -1.32. The highest BCUT2D eigenvalue weighted by Crippen LogP contribution is 2.32. The summed E-state index contributed by atoms with van der Waals surface area (Å²) >= 11 is 0. The minimum Gasteiger partial charge on any atom is -0.384 e. The number of hydrogen-bond donors (Lipinski definition) is 1. The van der Waals surface area contributed by atoms with E-state index < -0.39 is 0 Å². The number of nitrogens with two attached hydrogens (primary N) is 1. The maximum Gasteiger partial charge on any atom is 0.135 e. The van der Waals surface area contributed by atoms with Crippen molar-refractivity contribution in [2.45, 2.75) is 52.5 Å². The first kappa shape index (κ1) is 13.1. The van der Waals surface area contributed by atoms with Crippen molar-refractivity contribution >= 4 is 11.6 Å². The lowest BCUT2D eigenvalue weighted by molar-refractivity contribution is 0.630. The van der Waals surface area contributed by atoms with Crippen molar-refractivity contribution in [1.82, 2.24) is 9.97 Å². The molecule has 0 bridgehead atoms. The van der Waals surface area contributed by atoms with Gasteiger partial charge in [-0.05, 0) is 32.6 Å². The van der Waals surface area contributed by atoms with Crippen molar-refractivity contribution < 1.29 is 0 Å². The van der Waals surface area contributed by atoms with Crippen LogP contribution >= 0.6 is 0 Å². The van der Waals surface area contributed by atoms with Gasteiger partial charge in [0.2, 0.25) is 0 Å². The zero-order chi connectivity index (χ0) is 13.3. The second-order valence-corrected chi connectivity index (χ2v) is 5.85. The summed E-state index contributed by atoms with van der Waals surface area (Å²) in [6.45, 7) is 9.69. The third-order valence-corrected chi connectivity index (χ3v) is 3.34. The van der Waals surface area contributed by atoms with E-state index in [0.717, 1.165) is 24.1 Å². The number of nitrogens with zero attached hydrogens (tertiary/aromatic N) is 3. The fourth-order valence-electron chi connectivity index (χ4n) is 2.02. The molecular weight excluding hydrogens is 224 g/mol. The second kappa shape index (κ2) is 5.12. The van der Waals surface area contributed by atoms with Crippen molar-refractivity contribution in [3.8, 4) is 0 Å². The minimum atomic E-state index is 0.308. The molecule has 100 valence electrons. The largest absolute Gasteiger partial charge is 0.384 e. The van der Waals surface area contributed by atoms with E-state index in [1.165, 1.54) is 12.8 Å². The van der Waals surface area contributed by atoms with E-state index >= 15 is 0 Å². The molecule has 2 N–H and O–H groups in total. The van der Waals surface area contributed by atoms with Crippen LogP contribution in [0.3, 0.4) is 0 Å². The highest BCUT2D eigenvalue weighted by atomic mass is 15.2. The van der Waals surface area contributed by atoms with Gasteiger partial charge in [0, 0.05) is 24.6 Å². The molecule has 1 aliphatic rings. The molecule has 1 aromatic heterocycles. The number of nitrogen functional groups attached to an aromatic ring is 1. The van der Waals surface area contributed by atoms with Crippen LogP contribution in [-0.4, -0.2) is 22.6 Å². The molecule has 0 spiro atoms. The summed E-state index contributed by atoms with van der Waals surface area (Å²) < 4.78 is 0. The third kappa shape index (κ3) is 3.12. The van der Waals surface area contributed by atoms with Crippen LogP contribution < -0.4 is 10.6 Å². The number of rotatable bonds is 5. The summed E-state index contributed by atoms with van der Waals surface area (Å²) in [4.78, 5) is 11.3. The SMILES string of the molecule is CC(C)c1nc(N)cc(N(CC2CC2)C(C)C)n1. The van der Waals surface area contributed by atoms with Gasteiger partial charge in [0.15, 0.2) is 0 Å². The first-order valence-corrected chi connectivity index (χ1v) is 6.88. The molecule has 4 heteroatoms. The number of hydrogen-bond acceptors (Lipinski definition) is 4. The average Bonchev–Trinajstić information content (AvgIpc) is 3.08. The number of aromatic nitrogens is 2. The van der Waals surface area contributed by atoms with E-state index in [9.17, 15) is 0 Å². The van der Waals surface area contributed by atoms with Crippen LogP contribution in [0.15, 0.2) is 6.07 Å². The normalized spacial score (nSPS) is 15.4. The molecule has 0 aromatic carbocycles. The lowest BCUT2D eigenvalue weighted by Crippen LogP contribution is -2.34. The van der Waals surface area contributed by atoms with Gasteiger partial charge in [0.1, 0.15) is 17.5 Å². The third-order valence-electron chi connectivity index (χ3n) is 3.34. The van der Waals surface area contributed by atoms with Crippen molar-refractivity contribution in [2.75, 3.05) is 17.2 Å². The van der Waals surface area contributed by atoms with E-state index in [1.54, 1.807) is 0 Å². The molecule has 0 unspecified atom stereocenters. The zero-order valence-corrected chi connectivity index (χ0v) is 11.8. The standard InChI is InChI=1S/C14H24N4/c1-9(2)14-16-12(15)7-13(17-14)18(10(3)4)8-11-5-6-11/h7,9-11H,5-6,8H2,1-4H3,(H2,15,16,17). The lowest BCUT2D eigenvalue weighted by atomic mass is 10.2. The van der Waals surface area contributed by atoms with Crippen molar-refractivity contribution in [2.24, 2.45) is 5.92 Å². The average molecular weight is 248 g/mol. The van der Waals surface area contributed by atoms with Gasteiger partial charge in [0.05, 0.1) is 0 Å². The molecule has 0 saturated heterocycles. The second-order valence-electron chi connectivity index (χ2n) is 5.85. The highest BCUT2D eigenvalue weighted by Gasteiger charge is 2.26. The molecule has 0 aliphatic heterocycles. The molecule has 4 nitrogen and oxygen atoms in total. The Morgan fingerprint density at radius 2 is 1.94 bits per heavy atom. The van der Waals surface area contributed by atoms with E-state index in [0.29, 0.717) is 17.8 Å². The van der Waals surface area contributed by atoms with Gasteiger partial charge in [-0.1, -0.05) is 13.8 Å². The quantitative estimate of drug-likeness (QED) is 0.870. The first-order valence-electron chi connectivity index (χ1n) is 6.88. The molecule has 1 aromatic rings. The van der Waals surface area contributed by atoms with Gasteiger partial charge < -0.3 is 10.6 Å². The fourth-order valence-corrected chi connectivity index (χ4v) is 2.02. The Morgan fingerprint density at radius 1 is 1.28 bits per heavy atom. The summed E-state index contributed by atoms with van der Waals surface area (Å²) in [7, 11) is 0. The monoisotopic (exact) mass is 248 g/mol. The maximum absolute atomic E-state index is 5.90. The Morgan fingerprint density at radius 3 is 2.44 bits per heavy atom. The molecule has 2 rings (SSSR count). The van der Waals surface area contributed by atoms with Crippen LogP contribution in [-0.2, 0) is 0 Å². The van der Waals surface area contributed by atoms with Crippen molar-refractivity contribution in [3.05, 3.63) is 11.9 Å². The van der Waals surface area contributed by atoms with Crippen LogP contribution in [0, 0.1) is 5.92 Å². The first-order chi connectivity index (χ1) is 8.47. The predicted molar refractivity (Wildman–Crippen MR) is 75.7 cm³/mol. The van der Waals surface area contributed by atoms with Gasteiger partial charge in [-0.15, -0.1) is 0 Å². The van der Waals surface area contributed by atoms with Crippen molar-refractivity contribution in [3.63, 3.8) is 0 Å². The summed E-state index contributed by atoms with van der Waals surface area (Å²) in [5, 5.41) is 0. The fraction of sp³-hybridized carbons (Fsp3) is 0.714. The zero-order valence-electron chi connectivity index (χ0n) is 11.8. The molecule has 0 amide bonds. The molecule has 1 heterocycles. The molecule has 1 aliphatic carbocycles. The molecule has 0 atom stereocenters. The molecule has 0 radical (unpaired) electrons. The molecular formula is C14H24N4. The minimum absolute atomic E-state index is 0.308. The van der Waals surface area contributed by atoms with Crippen LogP contribution in [0.25, 0.3) is 0 Å². The van der Waals surface area contributed by atoms with Crippen LogP contribution in [0.4, 0.5) is 11.6 Å². The summed E-state index contributed by atoms with van der Waals surface area (Å²) in [6.07, 6.45) is 2.70. The van der Waals surface area contributed by atoms with Gasteiger partial charge in [-0.25, -0.2) is 9.97 Å². The predicted octanol–water partition coefficient (Wildman–Crippen LogP) is 2.81. The molecule has 1 saturated carbocycles. The summed E-state index contributed by atoms with van der Waals surface area (Å²) in [5.41, 5.74) is 5.90. The molecule has 1 fully saturated rings. The Labute approximate surface area is 110 Å². The van der Waals surface area contributed by atoms with Crippen molar-refractivity contribution in [1.29, 1.82) is 0 Å². The van der Waals surface area contributed by atoms with Gasteiger partial charge in [-0.3, -0.25) is 0 Å². The Bertz CT molecular complexity index is 410. The van der Waals surface area contributed by atoms with E-state index in [2.05, 4.69) is 42.6 Å². The van der Waals surface area contributed by atoms with Crippen LogP contribution in [0.5, 0.6) is 0 Å². The van der Waals surface area contributed by atoms with E-state index in [4.69, 9.17) is 5.73 Å². The maximum atomic E-state index is 5.90. The number of anilines is 2. The topological polar surface area (TPSA) is 55.0 Å². The van der Waals surface area contributed by atoms with Gasteiger partial charge in [0.25, 0.3) is 0 Å².